The van der Waals surface area contributed by atoms with E-state index >= 15 is 0 Å². The van der Waals surface area contributed by atoms with Crippen molar-refractivity contribution < 1.29 is 4.74 Å². The highest BCUT2D eigenvalue weighted by Crippen LogP contribution is 2.63. The molecule has 1 aliphatic heterocycles. The summed E-state index contributed by atoms with van der Waals surface area (Å²) in [5, 5.41) is 0. The quantitative estimate of drug-likeness (QED) is 0.616. The zero-order valence-corrected chi connectivity index (χ0v) is 8.62. The highest BCUT2D eigenvalue weighted by atomic mass is 16.6. The molecule has 0 aromatic heterocycles. The monoisotopic (exact) mass is 188 g/mol. The van der Waals surface area contributed by atoms with Gasteiger partial charge in [-0.1, -0.05) is 36.8 Å². The van der Waals surface area contributed by atoms with E-state index in [4.69, 9.17) is 4.74 Å². The van der Waals surface area contributed by atoms with E-state index in [0.29, 0.717) is 0 Å². The van der Waals surface area contributed by atoms with Gasteiger partial charge in [0.05, 0.1) is 5.60 Å². The average Bonchev–Trinajstić information content (AvgIpc) is 2.87. The predicted molar refractivity (Wildman–Crippen MR) is 56.1 cm³/mol. The van der Waals surface area contributed by atoms with Crippen LogP contribution in [0, 0.1) is 0 Å². The molecule has 1 saturated carbocycles. The maximum Gasteiger partial charge on any atom is 0.123 e. The van der Waals surface area contributed by atoms with Crippen molar-refractivity contribution in [2.45, 2.75) is 43.8 Å². The Morgan fingerprint density at radius 2 is 1.79 bits per heavy atom. The van der Waals surface area contributed by atoms with Crippen LogP contribution in [0.1, 0.15) is 38.2 Å². The molecule has 0 N–H and O–H groups in total. The molecule has 1 heterocycles. The molecular weight excluding hydrogens is 172 g/mol. The van der Waals surface area contributed by atoms with Crippen molar-refractivity contribution in [3.8, 4) is 0 Å². The van der Waals surface area contributed by atoms with Gasteiger partial charge in [-0.15, -0.1) is 0 Å². The molecule has 0 radical (unpaired) electrons. The second-order valence-electron chi connectivity index (χ2n) is 4.73. The Bertz CT molecular complexity index is 342. The van der Waals surface area contributed by atoms with Crippen molar-refractivity contribution in [3.05, 3.63) is 35.9 Å². The summed E-state index contributed by atoms with van der Waals surface area (Å²) in [5.41, 5.74) is 1.60. The number of ether oxygens (including phenoxy) is 1. The van der Waals surface area contributed by atoms with E-state index in [-0.39, 0.29) is 11.2 Å². The fraction of sp³-hybridized carbons (Fsp3) is 0.538. The van der Waals surface area contributed by atoms with Crippen LogP contribution in [0.5, 0.6) is 0 Å². The summed E-state index contributed by atoms with van der Waals surface area (Å²) >= 11 is 0. The van der Waals surface area contributed by atoms with Crippen LogP contribution in [0.25, 0.3) is 0 Å². The summed E-state index contributed by atoms with van der Waals surface area (Å²) in [7, 11) is 0. The number of hydrogen-bond donors (Lipinski definition) is 0. The van der Waals surface area contributed by atoms with Crippen LogP contribution < -0.4 is 0 Å². The van der Waals surface area contributed by atoms with Crippen molar-refractivity contribution in [2.24, 2.45) is 0 Å². The molecule has 3 rings (SSSR count). The van der Waals surface area contributed by atoms with Crippen LogP contribution in [0.3, 0.4) is 0 Å². The Morgan fingerprint density at radius 1 is 1.07 bits per heavy atom. The zero-order valence-electron chi connectivity index (χ0n) is 8.62. The van der Waals surface area contributed by atoms with Crippen molar-refractivity contribution in [3.63, 3.8) is 0 Å². The van der Waals surface area contributed by atoms with Crippen molar-refractivity contribution >= 4 is 0 Å². The summed E-state index contributed by atoms with van der Waals surface area (Å²) in [4.78, 5) is 0. The smallest absolute Gasteiger partial charge is 0.123 e. The summed E-state index contributed by atoms with van der Waals surface area (Å²) in [6, 6.07) is 10.7. The molecule has 2 fully saturated rings. The number of rotatable bonds is 1. The molecule has 2 aliphatic rings. The first kappa shape index (κ1) is 8.49. The Morgan fingerprint density at radius 3 is 2.50 bits per heavy atom. The molecule has 1 aromatic carbocycles. The van der Waals surface area contributed by atoms with Crippen LogP contribution in [0.4, 0.5) is 0 Å². The van der Waals surface area contributed by atoms with Gasteiger partial charge in [0.2, 0.25) is 0 Å². The molecule has 1 saturated heterocycles. The standard InChI is InChI=1S/C13H16O/c1-12-9-5-6-10-13(12,14-12)11-7-3-2-4-8-11/h2-4,7-8H,5-6,9-10H2,1H3. The number of epoxide rings is 1. The van der Waals surface area contributed by atoms with Gasteiger partial charge in [-0.3, -0.25) is 0 Å². The lowest BCUT2D eigenvalue weighted by Gasteiger charge is -2.22. The fourth-order valence-corrected chi connectivity index (χ4v) is 2.98. The molecular formula is C13H16O. The topological polar surface area (TPSA) is 12.5 Å². The Kier molecular flexibility index (Phi) is 1.58. The first-order valence-corrected chi connectivity index (χ1v) is 5.53. The maximum absolute atomic E-state index is 6.04. The third-order valence-electron chi connectivity index (χ3n) is 3.88. The molecule has 1 aliphatic carbocycles. The van der Waals surface area contributed by atoms with E-state index in [9.17, 15) is 0 Å². The summed E-state index contributed by atoms with van der Waals surface area (Å²) in [5.74, 6) is 0. The molecule has 0 bridgehead atoms. The molecule has 2 atom stereocenters. The number of fused-ring (bicyclic) bond motifs is 1. The van der Waals surface area contributed by atoms with E-state index in [2.05, 4.69) is 37.3 Å². The lowest BCUT2D eigenvalue weighted by Crippen LogP contribution is -2.25. The molecule has 2 unspecified atom stereocenters. The van der Waals surface area contributed by atoms with Gasteiger partial charge < -0.3 is 4.74 Å². The number of hydrogen-bond acceptors (Lipinski definition) is 1. The lowest BCUT2D eigenvalue weighted by molar-refractivity contribution is 0.271. The average molecular weight is 188 g/mol. The third-order valence-corrected chi connectivity index (χ3v) is 3.88. The maximum atomic E-state index is 6.04. The molecule has 1 aromatic rings. The highest BCUT2D eigenvalue weighted by molar-refractivity contribution is 5.33. The second-order valence-corrected chi connectivity index (χ2v) is 4.73. The lowest BCUT2D eigenvalue weighted by atomic mass is 9.76. The molecule has 1 heteroatoms. The first-order chi connectivity index (χ1) is 6.77. The van der Waals surface area contributed by atoms with Gasteiger partial charge in [-0.2, -0.15) is 0 Å². The van der Waals surface area contributed by atoms with Crippen LogP contribution in [-0.4, -0.2) is 5.60 Å². The van der Waals surface area contributed by atoms with E-state index in [1.807, 2.05) is 0 Å². The van der Waals surface area contributed by atoms with Crippen LogP contribution in [0.2, 0.25) is 0 Å². The summed E-state index contributed by atoms with van der Waals surface area (Å²) < 4.78 is 6.04. The highest BCUT2D eigenvalue weighted by Gasteiger charge is 2.67. The van der Waals surface area contributed by atoms with E-state index in [1.165, 1.54) is 31.2 Å². The summed E-state index contributed by atoms with van der Waals surface area (Å²) in [6.07, 6.45) is 5.06. The second kappa shape index (κ2) is 2.60. The minimum atomic E-state index is 0.0759. The summed E-state index contributed by atoms with van der Waals surface area (Å²) in [6.45, 7) is 2.26. The van der Waals surface area contributed by atoms with Crippen molar-refractivity contribution in [2.75, 3.05) is 0 Å². The first-order valence-electron chi connectivity index (χ1n) is 5.53. The van der Waals surface area contributed by atoms with Crippen molar-refractivity contribution in [1.29, 1.82) is 0 Å². The molecule has 14 heavy (non-hydrogen) atoms. The van der Waals surface area contributed by atoms with Crippen LogP contribution >= 0.6 is 0 Å². The van der Waals surface area contributed by atoms with Gasteiger partial charge in [0.15, 0.2) is 0 Å². The van der Waals surface area contributed by atoms with Gasteiger partial charge in [0.25, 0.3) is 0 Å². The minimum Gasteiger partial charge on any atom is -0.358 e. The molecule has 0 spiro atoms. The van der Waals surface area contributed by atoms with Gasteiger partial charge >= 0.3 is 0 Å². The molecule has 0 amide bonds. The SMILES string of the molecule is CC12CCCCC1(c1ccccc1)O2. The predicted octanol–water partition coefficient (Wildman–Crippen LogP) is 3.24. The largest absolute Gasteiger partial charge is 0.358 e. The minimum absolute atomic E-state index is 0.0759. The van der Waals surface area contributed by atoms with E-state index in [1.54, 1.807) is 0 Å². The van der Waals surface area contributed by atoms with Crippen LogP contribution in [0.15, 0.2) is 30.3 Å². The fourth-order valence-electron chi connectivity index (χ4n) is 2.98. The Labute approximate surface area is 85.1 Å². The van der Waals surface area contributed by atoms with E-state index in [0.717, 1.165) is 0 Å². The van der Waals surface area contributed by atoms with Gasteiger partial charge in [0.1, 0.15) is 5.60 Å². The Hall–Kier alpha value is -0.820. The Balaban J connectivity index is 1.99. The third kappa shape index (κ3) is 0.936. The number of benzene rings is 1. The van der Waals surface area contributed by atoms with Gasteiger partial charge in [0, 0.05) is 0 Å². The zero-order chi connectivity index (χ0) is 9.65. The van der Waals surface area contributed by atoms with Gasteiger partial charge in [-0.25, -0.2) is 0 Å². The van der Waals surface area contributed by atoms with E-state index < -0.39 is 0 Å². The normalized spacial score (nSPS) is 40.4. The molecule has 1 nitrogen and oxygen atoms in total. The van der Waals surface area contributed by atoms with Gasteiger partial charge in [-0.05, 0) is 31.7 Å². The molecule has 74 valence electrons. The van der Waals surface area contributed by atoms with Crippen LogP contribution in [-0.2, 0) is 10.3 Å². The van der Waals surface area contributed by atoms with Crippen molar-refractivity contribution in [1.82, 2.24) is 0 Å².